The second kappa shape index (κ2) is 26.3. The molecule has 3 aromatic heterocycles. The molecule has 16 heteroatoms. The van der Waals surface area contributed by atoms with Gasteiger partial charge in [-0.05, 0) is 97.6 Å². The Labute approximate surface area is 513 Å². The molecule has 0 N–H and O–H groups in total. The summed E-state index contributed by atoms with van der Waals surface area (Å²) >= 11 is 0. The number of nitrogens with zero attached hydrogens (tertiary/aromatic N) is 3. The van der Waals surface area contributed by atoms with Gasteiger partial charge in [0.05, 0.1) is 37.8 Å². The third-order valence-corrected chi connectivity index (χ3v) is 15.3. The lowest BCUT2D eigenvalue weighted by molar-refractivity contribution is 0.103. The number of hydrogen-bond donors (Lipinski definition) is 0. The molecule has 16 nitrogen and oxygen atoms in total. The van der Waals surface area contributed by atoms with E-state index in [0.29, 0.717) is 116 Å². The third-order valence-electron chi connectivity index (χ3n) is 15.3. The number of benzene rings is 8. The molecule has 0 aliphatic carbocycles. The van der Waals surface area contributed by atoms with Gasteiger partial charge in [-0.1, -0.05) is 135 Å². The van der Waals surface area contributed by atoms with Crippen molar-refractivity contribution in [3.05, 3.63) is 273 Å². The van der Waals surface area contributed by atoms with Crippen molar-refractivity contribution in [2.45, 2.75) is 59.8 Å². The molecule has 0 unspecified atom stereocenters. The molecule has 0 amide bonds. The quantitative estimate of drug-likeness (QED) is 0.0781. The maximum atomic E-state index is 13.4. The van der Waals surface area contributed by atoms with Gasteiger partial charge in [-0.25, -0.2) is 15.0 Å². The Morgan fingerprint density at radius 3 is 1.21 bits per heavy atom. The molecule has 6 heterocycles. The molecular formula is C73H61N3O13. The van der Waals surface area contributed by atoms with Crippen LogP contribution < -0.4 is 33.2 Å². The van der Waals surface area contributed by atoms with Crippen molar-refractivity contribution in [2.75, 3.05) is 27.5 Å². The number of carbonyl (C=O) groups excluding carboxylic acids is 3. The van der Waals surface area contributed by atoms with Gasteiger partial charge >= 0.3 is 0 Å². The first kappa shape index (κ1) is 58.4. The molecule has 0 bridgehead atoms. The van der Waals surface area contributed by atoms with Crippen LogP contribution in [0.5, 0.6) is 40.2 Å². The highest BCUT2D eigenvalue weighted by Gasteiger charge is 2.28. The zero-order valence-corrected chi connectivity index (χ0v) is 49.6. The molecule has 14 rings (SSSR count). The molecule has 11 aromatic rings. The first-order valence-corrected chi connectivity index (χ1v) is 29.2. The molecule has 0 saturated heterocycles. The Kier molecular flexibility index (Phi) is 17.3. The number of hydrogen-bond acceptors (Lipinski definition) is 16. The lowest BCUT2D eigenvalue weighted by Crippen LogP contribution is -2.06. The minimum absolute atomic E-state index is 0.0538. The molecule has 89 heavy (non-hydrogen) atoms. The van der Waals surface area contributed by atoms with Gasteiger partial charge in [0.15, 0.2) is 75.3 Å². The summed E-state index contributed by atoms with van der Waals surface area (Å²) in [6, 6.07) is 56.1. The Hall–Kier alpha value is -11.0. The monoisotopic (exact) mass is 1190 g/mol. The summed E-state index contributed by atoms with van der Waals surface area (Å²) in [5.41, 5.74) is 10.3. The molecule has 0 radical (unpaired) electrons. The Balaban J connectivity index is 0.000000131. The average molecular weight is 1190 g/mol. The number of ketones is 3. The van der Waals surface area contributed by atoms with Crippen LogP contribution in [0.15, 0.2) is 195 Å². The number of rotatable bonds is 17. The van der Waals surface area contributed by atoms with Gasteiger partial charge in [-0.3, -0.25) is 14.4 Å². The topological polar surface area (TPSA) is 194 Å². The van der Waals surface area contributed by atoms with Crippen LogP contribution in [-0.4, -0.2) is 59.8 Å². The highest BCUT2D eigenvalue weighted by Crippen LogP contribution is 2.41. The summed E-state index contributed by atoms with van der Waals surface area (Å²) in [4.78, 5) is 53.6. The molecule has 0 saturated carbocycles. The normalized spacial score (nSPS) is 12.2. The molecule has 3 aliphatic heterocycles. The number of aryl methyl sites for hydroxylation is 4. The molecule has 446 valence electrons. The van der Waals surface area contributed by atoms with Crippen LogP contribution in [0.25, 0.3) is 22.6 Å². The van der Waals surface area contributed by atoms with Crippen LogP contribution in [-0.2, 0) is 32.1 Å². The summed E-state index contributed by atoms with van der Waals surface area (Å²) in [5.74, 6) is 8.13. The largest absolute Gasteiger partial charge is 0.497 e. The Morgan fingerprint density at radius 1 is 0.427 bits per heavy atom. The smallest absolute Gasteiger partial charge is 0.231 e. The summed E-state index contributed by atoms with van der Waals surface area (Å²) < 4.78 is 56.2. The zero-order chi connectivity index (χ0) is 61.4. The van der Waals surface area contributed by atoms with Gasteiger partial charge in [0.1, 0.15) is 23.0 Å². The maximum Gasteiger partial charge on any atom is 0.231 e. The van der Waals surface area contributed by atoms with Crippen molar-refractivity contribution in [1.82, 2.24) is 15.0 Å². The lowest BCUT2D eigenvalue weighted by Gasteiger charge is -2.10. The fraction of sp³-hybridized carbons (Fsp3) is 0.178. The van der Waals surface area contributed by atoms with E-state index in [9.17, 15) is 14.4 Å². The summed E-state index contributed by atoms with van der Waals surface area (Å²) in [6.07, 6.45) is 2.77. The standard InChI is InChI=1S/C30H21NO4.C22H21NO4.C21H19NO5/c32-29(21-12-6-2-7-13-21)24-18-26-25(33-19-34-26)16-23(24)17-27-31-28(20-10-4-1-5-11-20)30(35-27)22-14-8-3-9-15-22;1-3-17-18(4-2)27-21(23-17)11-15-10-19-20(26-13-25-19)12-16(15)22(24)14-8-6-5-7-9-14;1-12-13(2)27-20(22-12)9-15-8-18-19(26-11-25-18)10-17(15)21(23)14-4-6-16(24-3)7-5-14/h1-16,18H,17,19H2;5-10,12H,3-4,11,13H2,1-2H3;4-8,10H,9,11H2,1-3H3. The van der Waals surface area contributed by atoms with E-state index in [0.717, 1.165) is 69.3 Å². The molecule has 0 spiro atoms. The zero-order valence-electron chi connectivity index (χ0n) is 49.6. The number of methoxy groups -OCH3 is 1. The highest BCUT2D eigenvalue weighted by atomic mass is 16.7. The van der Waals surface area contributed by atoms with Crippen molar-refractivity contribution in [3.63, 3.8) is 0 Å². The summed E-state index contributed by atoms with van der Waals surface area (Å²) in [5, 5.41) is 0. The van der Waals surface area contributed by atoms with Crippen LogP contribution in [0.3, 0.4) is 0 Å². The number of fused-ring (bicyclic) bond motifs is 3. The third kappa shape index (κ3) is 12.9. The van der Waals surface area contributed by atoms with Crippen LogP contribution in [0, 0.1) is 13.8 Å². The summed E-state index contributed by atoms with van der Waals surface area (Å²) in [7, 11) is 1.59. The molecule has 3 aliphatic rings. The van der Waals surface area contributed by atoms with Gasteiger partial charge in [0, 0.05) is 50.9 Å². The Bertz CT molecular complexity index is 4250. The Morgan fingerprint density at radius 2 is 0.820 bits per heavy atom. The number of aromatic nitrogens is 3. The van der Waals surface area contributed by atoms with Crippen LogP contribution >= 0.6 is 0 Å². The first-order valence-electron chi connectivity index (χ1n) is 29.2. The van der Waals surface area contributed by atoms with Crippen molar-refractivity contribution < 1.29 is 60.8 Å². The van der Waals surface area contributed by atoms with Crippen molar-refractivity contribution in [1.29, 1.82) is 0 Å². The van der Waals surface area contributed by atoms with E-state index < -0.39 is 0 Å². The minimum Gasteiger partial charge on any atom is -0.497 e. The highest BCUT2D eigenvalue weighted by molar-refractivity contribution is 6.12. The fourth-order valence-electron chi connectivity index (χ4n) is 10.6. The predicted molar refractivity (Wildman–Crippen MR) is 331 cm³/mol. The lowest BCUT2D eigenvalue weighted by atomic mass is 9.95. The maximum absolute atomic E-state index is 13.4. The molecule has 8 aromatic carbocycles. The number of oxazole rings is 3. The van der Waals surface area contributed by atoms with Gasteiger partial charge in [-0.2, -0.15) is 0 Å². The fourth-order valence-corrected chi connectivity index (χ4v) is 10.6. The number of carbonyl (C=O) groups is 3. The summed E-state index contributed by atoms with van der Waals surface area (Å²) in [6.45, 7) is 8.32. The molecular weight excluding hydrogens is 1130 g/mol. The van der Waals surface area contributed by atoms with E-state index in [1.807, 2.05) is 160 Å². The van der Waals surface area contributed by atoms with Crippen molar-refractivity contribution >= 4 is 17.3 Å². The van der Waals surface area contributed by atoms with E-state index in [-0.39, 0.29) is 37.7 Å². The van der Waals surface area contributed by atoms with E-state index in [4.69, 9.17) is 51.4 Å². The average Bonchev–Trinajstić information content (AvgIpc) is 2.43. The van der Waals surface area contributed by atoms with Crippen molar-refractivity contribution in [3.8, 4) is 62.8 Å². The first-order chi connectivity index (χ1) is 43.5. The minimum atomic E-state index is -0.106. The van der Waals surface area contributed by atoms with Crippen LogP contribution in [0.1, 0.15) is 119 Å². The van der Waals surface area contributed by atoms with Crippen LogP contribution in [0.2, 0.25) is 0 Å². The van der Waals surface area contributed by atoms with E-state index >= 15 is 0 Å². The predicted octanol–water partition coefficient (Wildman–Crippen LogP) is 14.8. The molecule has 0 atom stereocenters. The second-order valence-electron chi connectivity index (χ2n) is 21.0. The van der Waals surface area contributed by atoms with Crippen LogP contribution in [0.4, 0.5) is 0 Å². The van der Waals surface area contributed by atoms with Gasteiger partial charge in [0.2, 0.25) is 20.4 Å². The van der Waals surface area contributed by atoms with E-state index in [1.54, 1.807) is 49.6 Å². The number of ether oxygens (including phenoxy) is 7. The van der Waals surface area contributed by atoms with Gasteiger partial charge < -0.3 is 46.4 Å². The van der Waals surface area contributed by atoms with Gasteiger partial charge in [-0.15, -0.1) is 0 Å². The van der Waals surface area contributed by atoms with E-state index in [2.05, 4.69) is 16.9 Å². The second-order valence-corrected chi connectivity index (χ2v) is 21.0. The van der Waals surface area contributed by atoms with Crippen molar-refractivity contribution in [2.24, 2.45) is 0 Å². The van der Waals surface area contributed by atoms with E-state index in [1.165, 1.54) is 0 Å². The SMILES string of the molecule is CCc1nc(Cc2cc3c(cc2C(=O)c2ccccc2)OCO3)oc1CC.COc1ccc(C(=O)c2cc3c(cc2Cc2nc(C)c(C)o2)OCO3)cc1.O=C(c1ccccc1)c1cc2c(cc1Cc1nc(-c3ccccc3)c(-c3ccccc3)o1)OCO2. The molecule has 0 fully saturated rings. The van der Waals surface area contributed by atoms with Gasteiger partial charge in [0.25, 0.3) is 0 Å².